The molecule has 0 spiro atoms. The van der Waals surface area contributed by atoms with Gasteiger partial charge in [0.05, 0.1) is 4.90 Å². The van der Waals surface area contributed by atoms with Gasteiger partial charge in [-0.1, -0.05) is 6.07 Å². The molecule has 1 aliphatic rings. The molecule has 0 aliphatic heterocycles. The summed E-state index contributed by atoms with van der Waals surface area (Å²) >= 11 is 5.17. The molecular weight excluding hydrogens is 372 g/mol. The SMILES string of the molecule is CNCc1ccc(Br)c(S(=O)(=O)NC2CCC(SC)C2)c1. The van der Waals surface area contributed by atoms with Crippen molar-refractivity contribution in [1.82, 2.24) is 10.0 Å². The van der Waals surface area contributed by atoms with E-state index in [1.54, 1.807) is 12.1 Å². The zero-order valence-electron chi connectivity index (χ0n) is 12.2. The first-order chi connectivity index (χ1) is 9.96. The Balaban J connectivity index is 2.17. The fraction of sp³-hybridized carbons (Fsp3) is 0.571. The number of sulfonamides is 1. The summed E-state index contributed by atoms with van der Waals surface area (Å²) in [5, 5.41) is 3.60. The fourth-order valence-corrected chi connectivity index (χ4v) is 5.71. The van der Waals surface area contributed by atoms with Crippen molar-refractivity contribution in [3.63, 3.8) is 0 Å². The molecule has 1 aromatic carbocycles. The van der Waals surface area contributed by atoms with Crippen LogP contribution in [-0.4, -0.2) is 33.0 Å². The monoisotopic (exact) mass is 392 g/mol. The van der Waals surface area contributed by atoms with E-state index in [1.165, 1.54) is 0 Å². The first-order valence-corrected chi connectivity index (χ1v) is 10.5. The molecule has 1 aromatic rings. The van der Waals surface area contributed by atoms with E-state index in [-0.39, 0.29) is 6.04 Å². The summed E-state index contributed by atoms with van der Waals surface area (Å²) < 4.78 is 28.6. The van der Waals surface area contributed by atoms with Crippen molar-refractivity contribution < 1.29 is 8.42 Å². The van der Waals surface area contributed by atoms with Crippen molar-refractivity contribution in [1.29, 1.82) is 0 Å². The number of rotatable bonds is 6. The number of nitrogens with one attached hydrogen (secondary N) is 2. The Labute approximate surface area is 139 Å². The topological polar surface area (TPSA) is 58.2 Å². The van der Waals surface area contributed by atoms with Gasteiger partial charge < -0.3 is 5.32 Å². The number of benzene rings is 1. The minimum atomic E-state index is -3.48. The van der Waals surface area contributed by atoms with Gasteiger partial charge in [-0.15, -0.1) is 0 Å². The molecule has 2 N–H and O–H groups in total. The van der Waals surface area contributed by atoms with E-state index in [2.05, 4.69) is 32.2 Å². The minimum absolute atomic E-state index is 0.0484. The molecule has 118 valence electrons. The Hall–Kier alpha value is -0.0800. The summed E-state index contributed by atoms with van der Waals surface area (Å²) in [5.41, 5.74) is 0.953. The van der Waals surface area contributed by atoms with Gasteiger partial charge in [-0.25, -0.2) is 13.1 Å². The van der Waals surface area contributed by atoms with Crippen LogP contribution < -0.4 is 10.0 Å². The molecule has 0 bridgehead atoms. The lowest BCUT2D eigenvalue weighted by atomic mass is 10.2. The maximum absolute atomic E-state index is 12.6. The molecule has 2 atom stereocenters. The lowest BCUT2D eigenvalue weighted by Crippen LogP contribution is -2.33. The van der Waals surface area contributed by atoms with Crippen LogP contribution in [-0.2, 0) is 16.6 Å². The summed E-state index contributed by atoms with van der Waals surface area (Å²) in [6.07, 6.45) is 4.99. The predicted molar refractivity (Wildman–Crippen MR) is 92.2 cm³/mol. The molecule has 1 aliphatic carbocycles. The van der Waals surface area contributed by atoms with Gasteiger partial charge in [0.1, 0.15) is 0 Å². The molecule has 7 heteroatoms. The molecule has 1 fully saturated rings. The standard InChI is InChI=1S/C14H21BrN2O2S2/c1-16-9-10-3-6-13(15)14(7-10)21(18,19)17-11-4-5-12(8-11)20-2/h3,6-7,11-12,16-17H,4-5,8-9H2,1-2H3. The normalized spacial score (nSPS) is 22.6. The van der Waals surface area contributed by atoms with E-state index in [0.29, 0.717) is 21.2 Å². The van der Waals surface area contributed by atoms with Gasteiger partial charge in [0.2, 0.25) is 10.0 Å². The maximum atomic E-state index is 12.6. The van der Waals surface area contributed by atoms with E-state index in [9.17, 15) is 8.42 Å². The summed E-state index contributed by atoms with van der Waals surface area (Å²) in [5.74, 6) is 0. The second kappa shape index (κ2) is 7.46. The Morgan fingerprint density at radius 3 is 2.76 bits per heavy atom. The third-order valence-electron chi connectivity index (χ3n) is 3.71. The third kappa shape index (κ3) is 4.45. The smallest absolute Gasteiger partial charge is 0.241 e. The van der Waals surface area contributed by atoms with Crippen molar-refractivity contribution in [2.75, 3.05) is 13.3 Å². The van der Waals surface area contributed by atoms with Gasteiger partial charge in [-0.05, 0) is 66.2 Å². The quantitative estimate of drug-likeness (QED) is 0.781. The van der Waals surface area contributed by atoms with Crippen LogP contribution in [0.1, 0.15) is 24.8 Å². The molecule has 1 saturated carbocycles. The van der Waals surface area contributed by atoms with Crippen molar-refractivity contribution in [2.24, 2.45) is 0 Å². The highest BCUT2D eigenvalue weighted by atomic mass is 79.9. The molecule has 4 nitrogen and oxygen atoms in total. The van der Waals surface area contributed by atoms with Gasteiger partial charge in [-0.2, -0.15) is 11.8 Å². The molecule has 0 saturated heterocycles. The summed E-state index contributed by atoms with van der Waals surface area (Å²) in [4.78, 5) is 0.322. The average molecular weight is 393 g/mol. The average Bonchev–Trinajstić information content (AvgIpc) is 2.88. The minimum Gasteiger partial charge on any atom is -0.316 e. The van der Waals surface area contributed by atoms with Crippen LogP contribution in [0.5, 0.6) is 0 Å². The molecule has 0 aromatic heterocycles. The largest absolute Gasteiger partial charge is 0.316 e. The molecular formula is C14H21BrN2O2S2. The number of halogens is 1. The van der Waals surface area contributed by atoms with Crippen LogP contribution in [0.3, 0.4) is 0 Å². The highest BCUT2D eigenvalue weighted by Gasteiger charge is 2.29. The molecule has 0 radical (unpaired) electrons. The van der Waals surface area contributed by atoms with Crippen LogP contribution in [0.15, 0.2) is 27.6 Å². The van der Waals surface area contributed by atoms with Crippen LogP contribution in [0.25, 0.3) is 0 Å². The van der Waals surface area contributed by atoms with Gasteiger partial charge >= 0.3 is 0 Å². The summed E-state index contributed by atoms with van der Waals surface area (Å²) in [7, 11) is -1.64. The van der Waals surface area contributed by atoms with Crippen molar-refractivity contribution in [3.8, 4) is 0 Å². The highest BCUT2D eigenvalue weighted by molar-refractivity contribution is 9.10. The van der Waals surface area contributed by atoms with E-state index < -0.39 is 10.0 Å². The van der Waals surface area contributed by atoms with Crippen molar-refractivity contribution >= 4 is 37.7 Å². The maximum Gasteiger partial charge on any atom is 0.241 e. The van der Waals surface area contributed by atoms with Crippen LogP contribution >= 0.6 is 27.7 Å². The molecule has 2 unspecified atom stereocenters. The lowest BCUT2D eigenvalue weighted by molar-refractivity contribution is 0.552. The van der Waals surface area contributed by atoms with Crippen LogP contribution in [0, 0.1) is 0 Å². The van der Waals surface area contributed by atoms with Crippen molar-refractivity contribution in [3.05, 3.63) is 28.2 Å². The Morgan fingerprint density at radius 1 is 1.38 bits per heavy atom. The van der Waals surface area contributed by atoms with Crippen LogP contribution in [0.4, 0.5) is 0 Å². The van der Waals surface area contributed by atoms with Crippen LogP contribution in [0.2, 0.25) is 0 Å². The van der Waals surface area contributed by atoms with Gasteiger partial charge in [-0.3, -0.25) is 0 Å². The Kier molecular flexibility index (Phi) is 6.14. The first-order valence-electron chi connectivity index (χ1n) is 6.94. The zero-order valence-corrected chi connectivity index (χ0v) is 15.4. The molecule has 2 rings (SSSR count). The molecule has 0 heterocycles. The fourth-order valence-electron chi connectivity index (χ4n) is 2.61. The summed E-state index contributed by atoms with van der Waals surface area (Å²) in [6, 6.07) is 5.48. The van der Waals surface area contributed by atoms with Gasteiger partial charge in [0.15, 0.2) is 0 Å². The van der Waals surface area contributed by atoms with E-state index in [1.807, 2.05) is 24.9 Å². The number of hydrogen-bond donors (Lipinski definition) is 2. The van der Waals surface area contributed by atoms with E-state index >= 15 is 0 Å². The number of hydrogen-bond acceptors (Lipinski definition) is 4. The van der Waals surface area contributed by atoms with E-state index in [0.717, 1.165) is 24.8 Å². The second-order valence-corrected chi connectivity index (χ2v) is 8.96. The Morgan fingerprint density at radius 2 is 2.14 bits per heavy atom. The van der Waals surface area contributed by atoms with Gasteiger partial charge in [0.25, 0.3) is 0 Å². The predicted octanol–water partition coefficient (Wildman–Crippen LogP) is 2.73. The third-order valence-corrected chi connectivity index (χ3v) is 7.31. The lowest BCUT2D eigenvalue weighted by Gasteiger charge is -2.15. The molecule has 21 heavy (non-hydrogen) atoms. The van der Waals surface area contributed by atoms with Gasteiger partial charge in [0, 0.05) is 22.3 Å². The Bertz CT molecular complexity index is 593. The van der Waals surface area contributed by atoms with E-state index in [4.69, 9.17) is 0 Å². The number of thioether (sulfide) groups is 1. The first kappa shape index (κ1) is 17.3. The summed E-state index contributed by atoms with van der Waals surface area (Å²) in [6.45, 7) is 0.647. The molecule has 0 amide bonds. The van der Waals surface area contributed by atoms with Crippen molar-refractivity contribution in [2.45, 2.75) is 42.0 Å². The zero-order chi connectivity index (χ0) is 15.5. The highest BCUT2D eigenvalue weighted by Crippen LogP contribution is 2.30. The second-order valence-electron chi connectivity index (χ2n) is 5.28.